The molecular weight excluding hydrogens is 424 g/mol. The van der Waals surface area contributed by atoms with E-state index in [0.29, 0.717) is 0 Å². The smallest absolute Gasteiger partial charge is 0.184 e. The molecule has 0 atom stereocenters. The summed E-state index contributed by atoms with van der Waals surface area (Å²) in [5.41, 5.74) is 5.95. The summed E-state index contributed by atoms with van der Waals surface area (Å²) in [5, 5.41) is 3.73. The van der Waals surface area contributed by atoms with Crippen molar-refractivity contribution < 1.29 is 0 Å². The van der Waals surface area contributed by atoms with Crippen molar-refractivity contribution in [2.45, 2.75) is 10.1 Å². The number of rotatable bonds is 1. The Labute approximate surface area is 185 Å². The van der Waals surface area contributed by atoms with Crippen LogP contribution in [0.15, 0.2) is 95.0 Å². The number of nitrogens with zero attached hydrogens (tertiary/aromatic N) is 2. The number of hydrogen-bond donors (Lipinski definition) is 0. The number of thiophene rings is 1. The van der Waals surface area contributed by atoms with Crippen molar-refractivity contribution in [3.63, 3.8) is 0 Å². The highest BCUT2D eigenvalue weighted by Gasteiger charge is 2.22. The van der Waals surface area contributed by atoms with Gasteiger partial charge in [-0.05, 0) is 69.1 Å². The van der Waals surface area contributed by atoms with E-state index in [2.05, 4.69) is 89.5 Å². The van der Waals surface area contributed by atoms with Gasteiger partial charge in [0.1, 0.15) is 0 Å². The van der Waals surface area contributed by atoms with Gasteiger partial charge in [-0.1, -0.05) is 48.5 Å². The first-order valence-corrected chi connectivity index (χ1v) is 12.7. The van der Waals surface area contributed by atoms with Crippen molar-refractivity contribution in [2.75, 3.05) is 0 Å². The molecule has 30 heavy (non-hydrogen) atoms. The second-order valence-electron chi connectivity index (χ2n) is 7.34. The summed E-state index contributed by atoms with van der Waals surface area (Å²) in [4.78, 5) is 6.18. The second-order valence-corrected chi connectivity index (χ2v) is 10.6. The van der Waals surface area contributed by atoms with Gasteiger partial charge in [-0.25, -0.2) is 4.98 Å². The van der Waals surface area contributed by atoms with E-state index in [0.717, 1.165) is 10.7 Å². The molecule has 0 saturated carbocycles. The zero-order chi connectivity index (χ0) is 19.7. The number of fused-ring (bicyclic) bond motifs is 8. The molecule has 7 rings (SSSR count). The summed E-state index contributed by atoms with van der Waals surface area (Å²) in [6.07, 6.45) is 0. The van der Waals surface area contributed by atoms with Gasteiger partial charge < -0.3 is 0 Å². The van der Waals surface area contributed by atoms with Crippen molar-refractivity contribution in [2.24, 2.45) is 0 Å². The molecule has 0 bridgehead atoms. The number of benzene rings is 4. The van der Waals surface area contributed by atoms with Crippen LogP contribution >= 0.6 is 32.9 Å². The van der Waals surface area contributed by atoms with Gasteiger partial charge >= 0.3 is 0 Å². The summed E-state index contributed by atoms with van der Waals surface area (Å²) in [7, 11) is 3.52. The topological polar surface area (TPSA) is 17.8 Å². The normalized spacial score (nSPS) is 13.1. The molecule has 0 radical (unpaired) electrons. The minimum atomic E-state index is 1.04. The summed E-state index contributed by atoms with van der Waals surface area (Å²) >= 11 is 1.87. The van der Waals surface area contributed by atoms with E-state index < -0.39 is 0 Å². The number of hydrogen-bond acceptors (Lipinski definition) is 4. The van der Waals surface area contributed by atoms with Crippen LogP contribution in [0, 0.1) is 0 Å². The van der Waals surface area contributed by atoms with E-state index in [1.165, 1.54) is 47.4 Å². The Morgan fingerprint density at radius 1 is 0.733 bits per heavy atom. The molecule has 1 aliphatic heterocycles. The van der Waals surface area contributed by atoms with E-state index >= 15 is 0 Å². The van der Waals surface area contributed by atoms with Crippen LogP contribution in [0.2, 0.25) is 0 Å². The lowest BCUT2D eigenvalue weighted by molar-refractivity contribution is 0.902. The lowest BCUT2D eigenvalue weighted by Gasteiger charge is -2.17. The van der Waals surface area contributed by atoms with Crippen molar-refractivity contribution in [3.05, 3.63) is 84.9 Å². The first-order chi connectivity index (χ1) is 14.9. The molecule has 2 aromatic heterocycles. The van der Waals surface area contributed by atoms with Crippen molar-refractivity contribution in [3.8, 4) is 16.8 Å². The third-order valence-electron chi connectivity index (χ3n) is 5.65. The maximum atomic E-state index is 4.90. The van der Waals surface area contributed by atoms with Crippen molar-refractivity contribution >= 4 is 64.1 Å². The largest absolute Gasteiger partial charge is 0.285 e. The summed E-state index contributed by atoms with van der Waals surface area (Å²) in [6, 6.07) is 30.6. The average Bonchev–Trinajstić information content (AvgIpc) is 3.37. The van der Waals surface area contributed by atoms with Crippen molar-refractivity contribution in [1.29, 1.82) is 0 Å². The van der Waals surface area contributed by atoms with Crippen LogP contribution in [0.4, 0.5) is 0 Å². The van der Waals surface area contributed by atoms with Crippen LogP contribution in [0.1, 0.15) is 0 Å². The molecule has 0 saturated heterocycles. The third-order valence-corrected chi connectivity index (χ3v) is 9.05. The Morgan fingerprint density at radius 3 is 2.60 bits per heavy atom. The Balaban J connectivity index is 1.53. The highest BCUT2D eigenvalue weighted by molar-refractivity contribution is 8.76. The van der Waals surface area contributed by atoms with Gasteiger partial charge in [-0.15, -0.1) is 11.3 Å². The molecule has 0 spiro atoms. The van der Waals surface area contributed by atoms with E-state index in [-0.39, 0.29) is 0 Å². The maximum absolute atomic E-state index is 4.90. The van der Waals surface area contributed by atoms with Crippen LogP contribution < -0.4 is 0 Å². The summed E-state index contributed by atoms with van der Waals surface area (Å²) in [6.45, 7) is 0. The molecule has 2 nitrogen and oxygen atoms in total. The quantitative estimate of drug-likeness (QED) is 0.241. The molecule has 0 fully saturated rings. The van der Waals surface area contributed by atoms with Crippen LogP contribution in [0.5, 0.6) is 0 Å². The van der Waals surface area contributed by atoms with Crippen LogP contribution in [-0.4, -0.2) is 9.55 Å². The first kappa shape index (κ1) is 17.0. The van der Waals surface area contributed by atoms with E-state index in [4.69, 9.17) is 4.98 Å². The lowest BCUT2D eigenvalue weighted by atomic mass is 9.99. The number of imidazole rings is 1. The monoisotopic (exact) mass is 438 g/mol. The van der Waals surface area contributed by atoms with E-state index in [1.54, 1.807) is 21.6 Å². The Morgan fingerprint density at radius 2 is 1.60 bits per heavy atom. The Bertz CT molecular complexity index is 1610. The fourth-order valence-electron chi connectivity index (χ4n) is 4.32. The Kier molecular flexibility index (Phi) is 3.62. The summed E-state index contributed by atoms with van der Waals surface area (Å²) in [5.74, 6) is 0. The van der Waals surface area contributed by atoms with Gasteiger partial charge in [-0.3, -0.25) is 4.57 Å². The number of aromatic nitrogens is 2. The predicted octanol–water partition coefficient (Wildman–Crippen LogP) is 8.17. The summed E-state index contributed by atoms with van der Waals surface area (Å²) < 4.78 is 4.98. The molecule has 4 aromatic carbocycles. The highest BCUT2D eigenvalue weighted by atomic mass is 33.1. The van der Waals surface area contributed by atoms with Gasteiger partial charge in [0.15, 0.2) is 5.16 Å². The van der Waals surface area contributed by atoms with Crippen LogP contribution in [-0.2, 0) is 0 Å². The Hall–Kier alpha value is -2.73. The lowest BCUT2D eigenvalue weighted by Crippen LogP contribution is -2.00. The van der Waals surface area contributed by atoms with Crippen LogP contribution in [0.25, 0.3) is 48.0 Å². The molecule has 142 valence electrons. The minimum absolute atomic E-state index is 1.04. The predicted molar refractivity (Wildman–Crippen MR) is 131 cm³/mol. The minimum Gasteiger partial charge on any atom is -0.285 e. The standard InChI is InChI=1S/C25H14N2S3/c1-3-9-21-17(6-1)24-16(7-5-11-23(24)28-21)15-12-13-18-20(14-15)27-19-8-2-4-10-22(19)29-30-25(27)26-18/h1-14H. The molecule has 0 N–H and O–H groups in total. The zero-order valence-corrected chi connectivity index (χ0v) is 18.2. The van der Waals surface area contributed by atoms with Crippen molar-refractivity contribution in [1.82, 2.24) is 9.55 Å². The third kappa shape index (κ3) is 2.37. The first-order valence-electron chi connectivity index (χ1n) is 9.74. The zero-order valence-electron chi connectivity index (χ0n) is 15.7. The molecule has 5 heteroatoms. The second kappa shape index (κ2) is 6.38. The van der Waals surface area contributed by atoms with Gasteiger partial charge in [0.25, 0.3) is 0 Å². The van der Waals surface area contributed by atoms with Gasteiger partial charge in [-0.2, -0.15) is 0 Å². The average molecular weight is 439 g/mol. The number of para-hydroxylation sites is 1. The highest BCUT2D eigenvalue weighted by Crippen LogP contribution is 2.47. The fourth-order valence-corrected chi connectivity index (χ4v) is 7.65. The molecule has 3 heterocycles. The fraction of sp³-hybridized carbons (Fsp3) is 0. The van der Waals surface area contributed by atoms with Crippen LogP contribution in [0.3, 0.4) is 0 Å². The molecule has 0 aliphatic carbocycles. The SMILES string of the molecule is c1ccc2c(c1)SSc1nc3ccc(-c4cccc5sc6ccccc6c45)cc3n1-2. The molecule has 1 aliphatic rings. The molecule has 0 amide bonds. The van der Waals surface area contributed by atoms with Gasteiger partial charge in [0, 0.05) is 25.1 Å². The van der Waals surface area contributed by atoms with Gasteiger partial charge in [0.05, 0.1) is 16.7 Å². The van der Waals surface area contributed by atoms with E-state index in [9.17, 15) is 0 Å². The van der Waals surface area contributed by atoms with Gasteiger partial charge in [0.2, 0.25) is 0 Å². The molecule has 6 aromatic rings. The maximum Gasteiger partial charge on any atom is 0.184 e. The molecule has 0 unspecified atom stereocenters. The van der Waals surface area contributed by atoms with E-state index in [1.807, 2.05) is 11.3 Å². The molecular formula is C25H14N2S3.